The van der Waals surface area contributed by atoms with E-state index in [2.05, 4.69) is 0 Å². The van der Waals surface area contributed by atoms with Gasteiger partial charge in [-0.25, -0.2) is 0 Å². The van der Waals surface area contributed by atoms with E-state index < -0.39 is 0 Å². The van der Waals surface area contributed by atoms with Gasteiger partial charge in [0, 0.05) is 12.6 Å². The van der Waals surface area contributed by atoms with Gasteiger partial charge in [-0.15, -0.1) is 0 Å². The summed E-state index contributed by atoms with van der Waals surface area (Å²) in [7, 11) is 3.97. The van der Waals surface area contributed by atoms with E-state index in [0.717, 1.165) is 19.4 Å². The topological polar surface area (TPSA) is 49.5 Å². The summed E-state index contributed by atoms with van der Waals surface area (Å²) >= 11 is 0. The fourth-order valence-electron chi connectivity index (χ4n) is 2.18. The molecular formula is C10H22N2O. The lowest BCUT2D eigenvalue weighted by Gasteiger charge is -2.26. The van der Waals surface area contributed by atoms with Gasteiger partial charge in [0.25, 0.3) is 0 Å². The predicted octanol–water partition coefficient (Wildman–Crippen LogP) is 0.426. The van der Waals surface area contributed by atoms with Gasteiger partial charge in [-0.1, -0.05) is 12.8 Å². The van der Waals surface area contributed by atoms with Crippen LogP contribution in [0.4, 0.5) is 0 Å². The molecule has 0 aliphatic heterocycles. The van der Waals surface area contributed by atoms with Crippen LogP contribution in [-0.2, 0) is 0 Å². The second-order valence-electron chi connectivity index (χ2n) is 4.46. The monoisotopic (exact) mass is 186 g/mol. The van der Waals surface area contributed by atoms with Crippen LogP contribution in [0.25, 0.3) is 0 Å². The molecule has 13 heavy (non-hydrogen) atoms. The van der Waals surface area contributed by atoms with E-state index >= 15 is 0 Å². The highest BCUT2D eigenvalue weighted by Crippen LogP contribution is 2.28. The van der Waals surface area contributed by atoms with Crippen molar-refractivity contribution < 1.29 is 5.11 Å². The molecule has 1 saturated carbocycles. The Balaban J connectivity index is 2.31. The Morgan fingerprint density at radius 1 is 1.38 bits per heavy atom. The highest BCUT2D eigenvalue weighted by atomic mass is 16.3. The molecule has 0 aromatic rings. The zero-order chi connectivity index (χ0) is 9.84. The summed E-state index contributed by atoms with van der Waals surface area (Å²) in [6.45, 7) is 0.775. The van der Waals surface area contributed by atoms with E-state index in [4.69, 9.17) is 5.73 Å². The van der Waals surface area contributed by atoms with E-state index in [0.29, 0.717) is 5.92 Å². The number of rotatable bonds is 4. The first kappa shape index (κ1) is 11.0. The Hall–Kier alpha value is -0.120. The van der Waals surface area contributed by atoms with Crippen LogP contribution < -0.4 is 5.73 Å². The van der Waals surface area contributed by atoms with Crippen molar-refractivity contribution in [3.8, 4) is 0 Å². The lowest BCUT2D eigenvalue weighted by molar-refractivity contribution is 0.0748. The number of nitrogens with two attached hydrogens (primary N) is 1. The zero-order valence-electron chi connectivity index (χ0n) is 8.74. The molecule has 3 heteroatoms. The molecule has 0 unspecified atom stereocenters. The maximum atomic E-state index is 9.91. The first-order valence-electron chi connectivity index (χ1n) is 5.19. The standard InChI is InChI=1S/C10H22N2O/c1-12(2)7-9(11)10(13)8-5-3-4-6-8/h8-10,13H,3-7,11H2,1-2H3/t9-,10-/m1/s1. The van der Waals surface area contributed by atoms with Crippen molar-refractivity contribution in [2.75, 3.05) is 20.6 Å². The summed E-state index contributed by atoms with van der Waals surface area (Å²) in [5, 5.41) is 9.91. The van der Waals surface area contributed by atoms with Crippen LogP contribution in [0.2, 0.25) is 0 Å². The van der Waals surface area contributed by atoms with Crippen molar-refractivity contribution in [1.29, 1.82) is 0 Å². The minimum Gasteiger partial charge on any atom is -0.391 e. The lowest BCUT2D eigenvalue weighted by atomic mass is 9.95. The van der Waals surface area contributed by atoms with E-state index in [9.17, 15) is 5.11 Å². The van der Waals surface area contributed by atoms with Crippen molar-refractivity contribution in [2.45, 2.75) is 37.8 Å². The van der Waals surface area contributed by atoms with Crippen molar-refractivity contribution >= 4 is 0 Å². The van der Waals surface area contributed by atoms with Gasteiger partial charge >= 0.3 is 0 Å². The molecule has 0 saturated heterocycles. The summed E-state index contributed by atoms with van der Waals surface area (Å²) in [5.41, 5.74) is 5.91. The highest BCUT2D eigenvalue weighted by molar-refractivity contribution is 4.83. The van der Waals surface area contributed by atoms with Crippen LogP contribution in [0.15, 0.2) is 0 Å². The van der Waals surface area contributed by atoms with E-state index in [-0.39, 0.29) is 12.1 Å². The molecule has 1 rings (SSSR count). The number of hydrogen-bond acceptors (Lipinski definition) is 3. The van der Waals surface area contributed by atoms with Gasteiger partial charge in [-0.05, 0) is 32.9 Å². The van der Waals surface area contributed by atoms with E-state index in [1.807, 2.05) is 19.0 Å². The Morgan fingerprint density at radius 3 is 2.38 bits per heavy atom. The highest BCUT2D eigenvalue weighted by Gasteiger charge is 2.27. The van der Waals surface area contributed by atoms with Crippen molar-refractivity contribution in [3.05, 3.63) is 0 Å². The normalized spacial score (nSPS) is 23.8. The first-order chi connectivity index (χ1) is 6.11. The number of aliphatic hydroxyl groups is 1. The van der Waals surface area contributed by atoms with Crippen LogP contribution in [0.1, 0.15) is 25.7 Å². The molecule has 1 aliphatic rings. The van der Waals surface area contributed by atoms with Gasteiger partial charge in [0.1, 0.15) is 0 Å². The predicted molar refractivity (Wildman–Crippen MR) is 54.5 cm³/mol. The fourth-order valence-corrected chi connectivity index (χ4v) is 2.18. The van der Waals surface area contributed by atoms with Gasteiger partial charge in [-0.3, -0.25) is 0 Å². The van der Waals surface area contributed by atoms with E-state index in [1.54, 1.807) is 0 Å². The number of aliphatic hydroxyl groups excluding tert-OH is 1. The third-order valence-electron chi connectivity index (χ3n) is 2.90. The molecular weight excluding hydrogens is 164 g/mol. The quantitative estimate of drug-likeness (QED) is 0.669. The van der Waals surface area contributed by atoms with Crippen molar-refractivity contribution in [3.63, 3.8) is 0 Å². The largest absolute Gasteiger partial charge is 0.391 e. The van der Waals surface area contributed by atoms with Gasteiger partial charge < -0.3 is 15.7 Å². The van der Waals surface area contributed by atoms with Crippen LogP contribution in [-0.4, -0.2) is 42.8 Å². The first-order valence-corrected chi connectivity index (χ1v) is 5.19. The maximum Gasteiger partial charge on any atom is 0.0731 e. The molecule has 0 spiro atoms. The average molecular weight is 186 g/mol. The minimum absolute atomic E-state index is 0.0851. The molecule has 0 bridgehead atoms. The Bertz CT molecular complexity index is 144. The summed E-state index contributed by atoms with van der Waals surface area (Å²) in [6.07, 6.45) is 4.53. The molecule has 0 heterocycles. The number of hydrogen-bond donors (Lipinski definition) is 2. The smallest absolute Gasteiger partial charge is 0.0731 e. The molecule has 78 valence electrons. The second-order valence-corrected chi connectivity index (χ2v) is 4.46. The second kappa shape index (κ2) is 4.94. The van der Waals surface area contributed by atoms with E-state index in [1.165, 1.54) is 12.8 Å². The fraction of sp³-hybridized carbons (Fsp3) is 1.00. The van der Waals surface area contributed by atoms with Crippen LogP contribution >= 0.6 is 0 Å². The maximum absolute atomic E-state index is 9.91. The summed E-state index contributed by atoms with van der Waals surface area (Å²) < 4.78 is 0. The van der Waals surface area contributed by atoms with Gasteiger partial charge in [0.2, 0.25) is 0 Å². The number of nitrogens with zero attached hydrogens (tertiary/aromatic N) is 1. The molecule has 0 amide bonds. The van der Waals surface area contributed by atoms with Crippen LogP contribution in [0, 0.1) is 5.92 Å². The van der Waals surface area contributed by atoms with Crippen LogP contribution in [0.3, 0.4) is 0 Å². The molecule has 2 atom stereocenters. The molecule has 0 radical (unpaired) electrons. The Labute approximate surface area is 80.9 Å². The van der Waals surface area contributed by atoms with Gasteiger partial charge in [0.05, 0.1) is 6.10 Å². The van der Waals surface area contributed by atoms with Gasteiger partial charge in [-0.2, -0.15) is 0 Å². The van der Waals surface area contributed by atoms with Crippen molar-refractivity contribution in [2.24, 2.45) is 11.7 Å². The number of likely N-dealkylation sites (N-methyl/N-ethyl adjacent to an activating group) is 1. The molecule has 1 aliphatic carbocycles. The van der Waals surface area contributed by atoms with Gasteiger partial charge in [0.15, 0.2) is 0 Å². The third-order valence-corrected chi connectivity index (χ3v) is 2.90. The summed E-state index contributed by atoms with van der Waals surface area (Å²) in [6, 6.07) is -0.0851. The Kier molecular flexibility index (Phi) is 4.16. The third kappa shape index (κ3) is 3.25. The average Bonchev–Trinajstić information content (AvgIpc) is 2.53. The lowest BCUT2D eigenvalue weighted by Crippen LogP contribution is -2.45. The zero-order valence-corrected chi connectivity index (χ0v) is 8.74. The molecule has 3 nitrogen and oxygen atoms in total. The summed E-state index contributed by atoms with van der Waals surface area (Å²) in [4.78, 5) is 2.03. The summed E-state index contributed by atoms with van der Waals surface area (Å²) in [5.74, 6) is 0.454. The molecule has 0 aromatic heterocycles. The Morgan fingerprint density at radius 2 is 1.92 bits per heavy atom. The molecule has 0 aromatic carbocycles. The molecule has 3 N–H and O–H groups in total. The SMILES string of the molecule is CN(C)C[C@@H](N)[C@H](O)C1CCCC1. The minimum atomic E-state index is -0.301. The molecule has 1 fully saturated rings. The van der Waals surface area contributed by atoms with Crippen molar-refractivity contribution in [1.82, 2.24) is 4.90 Å². The van der Waals surface area contributed by atoms with Crippen LogP contribution in [0.5, 0.6) is 0 Å².